The molecule has 1 aliphatic rings. The number of aliphatic hydroxyl groups is 1. The first-order valence-corrected chi connectivity index (χ1v) is 15.0. The quantitative estimate of drug-likeness (QED) is 0.334. The Labute approximate surface area is 233 Å². The van der Waals surface area contributed by atoms with Crippen molar-refractivity contribution in [1.29, 1.82) is 0 Å². The second-order valence-electron chi connectivity index (χ2n) is 9.93. The van der Waals surface area contributed by atoms with Crippen LogP contribution in [0.4, 0.5) is 5.82 Å². The lowest BCUT2D eigenvalue weighted by Crippen LogP contribution is -2.47. The van der Waals surface area contributed by atoms with Crippen LogP contribution in [0.3, 0.4) is 0 Å². The van der Waals surface area contributed by atoms with Gasteiger partial charge in [-0.15, -0.1) is 0 Å². The predicted octanol–water partition coefficient (Wildman–Crippen LogP) is 2.45. The highest BCUT2D eigenvalue weighted by Gasteiger charge is 2.18. The average molecular weight is 561 g/mol. The molecule has 0 radical (unpaired) electrons. The van der Waals surface area contributed by atoms with E-state index in [-0.39, 0.29) is 29.5 Å². The number of amides is 1. The number of anilines is 1. The molecular formula is C29H32N6O4S. The number of aromatic nitrogens is 3. The summed E-state index contributed by atoms with van der Waals surface area (Å²) < 4.78 is 24.1. The molecule has 0 aliphatic carbocycles. The van der Waals surface area contributed by atoms with Crippen LogP contribution in [0.5, 0.6) is 0 Å². The van der Waals surface area contributed by atoms with Gasteiger partial charge in [-0.2, -0.15) is 0 Å². The zero-order valence-corrected chi connectivity index (χ0v) is 23.4. The topological polar surface area (TPSA) is 129 Å². The number of hydrogen-bond acceptors (Lipinski definition) is 9. The molecule has 1 saturated heterocycles. The van der Waals surface area contributed by atoms with Crippen molar-refractivity contribution in [3.8, 4) is 11.4 Å². The van der Waals surface area contributed by atoms with E-state index in [0.717, 1.165) is 60.5 Å². The highest BCUT2D eigenvalue weighted by atomic mass is 32.2. The van der Waals surface area contributed by atoms with Crippen molar-refractivity contribution in [3.05, 3.63) is 77.6 Å². The summed E-state index contributed by atoms with van der Waals surface area (Å²) >= 11 is 0. The van der Waals surface area contributed by atoms with Crippen molar-refractivity contribution in [2.24, 2.45) is 0 Å². The number of β-amino-alcohol motifs (C(OH)–C–C–N with tert-alkyl or cyclic N) is 1. The van der Waals surface area contributed by atoms with Crippen LogP contribution in [0, 0.1) is 6.92 Å². The maximum Gasteiger partial charge on any atom is 0.251 e. The third-order valence-corrected chi connectivity index (χ3v) is 8.26. The molecule has 4 aromatic rings. The van der Waals surface area contributed by atoms with Crippen molar-refractivity contribution in [2.45, 2.75) is 18.4 Å². The van der Waals surface area contributed by atoms with Crippen LogP contribution in [-0.2, 0) is 16.4 Å². The third kappa shape index (κ3) is 6.27. The number of benzene rings is 1. The van der Waals surface area contributed by atoms with Crippen molar-refractivity contribution >= 4 is 32.5 Å². The molecule has 5 rings (SSSR count). The smallest absolute Gasteiger partial charge is 0.251 e. The molecule has 11 heteroatoms. The van der Waals surface area contributed by atoms with Crippen LogP contribution < -0.4 is 10.2 Å². The minimum Gasteiger partial charge on any atom is -0.395 e. The lowest BCUT2D eigenvalue weighted by molar-refractivity contribution is 0.0950. The van der Waals surface area contributed by atoms with E-state index in [1.807, 2.05) is 36.4 Å². The summed E-state index contributed by atoms with van der Waals surface area (Å²) in [6, 6.07) is 16.3. The monoisotopic (exact) mass is 560 g/mol. The highest BCUT2D eigenvalue weighted by molar-refractivity contribution is 7.90. The summed E-state index contributed by atoms with van der Waals surface area (Å²) in [6.07, 6.45) is 2.85. The van der Waals surface area contributed by atoms with Gasteiger partial charge in [-0.05, 0) is 55.0 Å². The fourth-order valence-corrected chi connectivity index (χ4v) is 5.79. The number of aliphatic hydroxyl groups excluding tert-OH is 1. The first-order valence-electron chi connectivity index (χ1n) is 13.1. The lowest BCUT2D eigenvalue weighted by atomic mass is 10.1. The molecule has 0 spiro atoms. The summed E-state index contributed by atoms with van der Waals surface area (Å²) in [5.41, 5.74) is 3.73. The maximum absolute atomic E-state index is 12.7. The first kappa shape index (κ1) is 27.6. The van der Waals surface area contributed by atoms with Gasteiger partial charge in [-0.25, -0.2) is 18.4 Å². The highest BCUT2D eigenvalue weighted by Crippen LogP contribution is 2.23. The van der Waals surface area contributed by atoms with Gasteiger partial charge < -0.3 is 15.3 Å². The Balaban J connectivity index is 1.30. The summed E-state index contributed by atoms with van der Waals surface area (Å²) in [6.45, 7) is 6.19. The number of sulfone groups is 1. The molecule has 40 heavy (non-hydrogen) atoms. The Morgan fingerprint density at radius 2 is 1.77 bits per heavy atom. The summed E-state index contributed by atoms with van der Waals surface area (Å²) in [4.78, 5) is 31.5. The van der Waals surface area contributed by atoms with E-state index in [4.69, 9.17) is 9.97 Å². The van der Waals surface area contributed by atoms with Crippen molar-refractivity contribution in [1.82, 2.24) is 25.2 Å². The Morgan fingerprint density at radius 1 is 1.00 bits per heavy atom. The fraction of sp³-hybridized carbons (Fsp3) is 0.310. The third-order valence-electron chi connectivity index (χ3n) is 7.02. The molecule has 1 aromatic carbocycles. The molecule has 1 amide bonds. The number of fused-ring (bicyclic) bond motifs is 1. The predicted molar refractivity (Wildman–Crippen MR) is 154 cm³/mol. The van der Waals surface area contributed by atoms with Gasteiger partial charge in [0.1, 0.15) is 5.82 Å². The standard InChI is InChI=1S/C29H32N6O4S/c1-20-6-7-21(16-27(20)40(2,38)39)29(37)31-19-23-17-26-22(18-30-23)8-9-25(32-26)24-4-3-5-28(33-24)35-12-10-34(11-13-35)14-15-36/h3-9,16-18,36H,10-15,19H2,1-2H3,(H,31,37). The summed E-state index contributed by atoms with van der Waals surface area (Å²) in [5.74, 6) is 0.517. The van der Waals surface area contributed by atoms with Gasteiger partial charge >= 0.3 is 0 Å². The number of carbonyl (C=O) groups excluding carboxylic acids is 1. The van der Waals surface area contributed by atoms with Crippen LogP contribution in [-0.4, -0.2) is 84.9 Å². The van der Waals surface area contributed by atoms with Gasteiger partial charge in [0, 0.05) is 56.1 Å². The molecule has 10 nitrogen and oxygen atoms in total. The molecule has 1 aliphatic heterocycles. The molecule has 4 heterocycles. The molecule has 0 atom stereocenters. The van der Waals surface area contributed by atoms with Crippen molar-refractivity contribution in [3.63, 3.8) is 0 Å². The zero-order valence-electron chi connectivity index (χ0n) is 22.5. The average Bonchev–Trinajstić information content (AvgIpc) is 2.96. The summed E-state index contributed by atoms with van der Waals surface area (Å²) in [7, 11) is -3.44. The Morgan fingerprint density at radius 3 is 2.52 bits per heavy atom. The number of nitrogens with one attached hydrogen (secondary N) is 1. The number of hydrogen-bond donors (Lipinski definition) is 2. The molecular weight excluding hydrogens is 528 g/mol. The van der Waals surface area contributed by atoms with E-state index in [0.29, 0.717) is 17.8 Å². The normalized spacial score (nSPS) is 14.4. The van der Waals surface area contributed by atoms with Crippen LogP contribution in [0.2, 0.25) is 0 Å². The second kappa shape index (κ2) is 11.7. The Kier molecular flexibility index (Phi) is 8.06. The lowest BCUT2D eigenvalue weighted by Gasteiger charge is -2.35. The number of aryl methyl sites for hydroxylation is 1. The Bertz CT molecular complexity index is 1650. The Hall–Kier alpha value is -3.93. The van der Waals surface area contributed by atoms with Gasteiger partial charge in [0.25, 0.3) is 5.91 Å². The molecule has 208 valence electrons. The van der Waals surface area contributed by atoms with Crippen LogP contribution in [0.15, 0.2) is 65.7 Å². The largest absolute Gasteiger partial charge is 0.395 e. The van der Waals surface area contributed by atoms with E-state index < -0.39 is 9.84 Å². The van der Waals surface area contributed by atoms with Gasteiger partial charge in [-0.1, -0.05) is 12.1 Å². The minimum absolute atomic E-state index is 0.141. The molecule has 1 fully saturated rings. The number of rotatable bonds is 8. The molecule has 0 saturated carbocycles. The molecule has 2 N–H and O–H groups in total. The minimum atomic E-state index is -3.44. The van der Waals surface area contributed by atoms with Crippen LogP contribution in [0.25, 0.3) is 22.3 Å². The molecule has 0 bridgehead atoms. The van der Waals surface area contributed by atoms with E-state index >= 15 is 0 Å². The van der Waals surface area contributed by atoms with E-state index in [1.54, 1.807) is 25.3 Å². The van der Waals surface area contributed by atoms with E-state index in [2.05, 4.69) is 20.1 Å². The first-order chi connectivity index (χ1) is 19.2. The SMILES string of the molecule is Cc1ccc(C(=O)NCc2cc3nc(-c4cccc(N5CCN(CCO)CC5)n4)ccc3cn2)cc1S(C)(=O)=O. The molecule has 3 aromatic heterocycles. The zero-order chi connectivity index (χ0) is 28.3. The fourth-order valence-electron chi connectivity index (χ4n) is 4.80. The maximum atomic E-state index is 12.7. The molecule has 0 unspecified atom stereocenters. The number of piperazine rings is 1. The number of pyridine rings is 3. The summed E-state index contributed by atoms with van der Waals surface area (Å²) in [5, 5.41) is 12.9. The van der Waals surface area contributed by atoms with E-state index in [9.17, 15) is 18.3 Å². The van der Waals surface area contributed by atoms with Gasteiger partial charge in [0.2, 0.25) is 0 Å². The van der Waals surface area contributed by atoms with Crippen molar-refractivity contribution in [2.75, 3.05) is 50.5 Å². The van der Waals surface area contributed by atoms with Gasteiger partial charge in [0.15, 0.2) is 9.84 Å². The van der Waals surface area contributed by atoms with E-state index in [1.165, 1.54) is 6.07 Å². The van der Waals surface area contributed by atoms with Crippen LogP contribution in [0.1, 0.15) is 21.6 Å². The number of nitrogens with zero attached hydrogens (tertiary/aromatic N) is 5. The van der Waals surface area contributed by atoms with Crippen molar-refractivity contribution < 1.29 is 18.3 Å². The second-order valence-corrected chi connectivity index (χ2v) is 11.9. The van der Waals surface area contributed by atoms with Crippen LogP contribution >= 0.6 is 0 Å². The van der Waals surface area contributed by atoms with Gasteiger partial charge in [-0.3, -0.25) is 14.7 Å². The van der Waals surface area contributed by atoms with Gasteiger partial charge in [0.05, 0.1) is 40.6 Å². The number of carbonyl (C=O) groups is 1.